The molecule has 1 aromatic carbocycles. The summed E-state index contributed by atoms with van der Waals surface area (Å²) in [6, 6.07) is 10.3. The quantitative estimate of drug-likeness (QED) is 0.506. The second-order valence-electron chi connectivity index (χ2n) is 10.5. The molecule has 0 saturated carbocycles. The average Bonchev–Trinajstić information content (AvgIpc) is 2.41. The molecule has 0 amide bonds. The van der Waals surface area contributed by atoms with Gasteiger partial charge in [-0.15, -0.1) is 0 Å². The maximum absolute atomic E-state index is 12.6. The van der Waals surface area contributed by atoms with Gasteiger partial charge in [-0.2, -0.15) is 0 Å². The van der Waals surface area contributed by atoms with E-state index >= 15 is 0 Å². The normalized spacial score (nSPS) is 15.9. The van der Waals surface area contributed by atoms with Crippen LogP contribution in [0.5, 0.6) is 0 Å². The Bertz CT molecular complexity index is 600. The monoisotopic (exact) mass is 465 g/mol. The van der Waals surface area contributed by atoms with E-state index in [-0.39, 0.29) is 18.9 Å². The second-order valence-corrected chi connectivity index (χ2v) is 32.0. The van der Waals surface area contributed by atoms with E-state index in [0.29, 0.717) is 6.23 Å². The Labute approximate surface area is 191 Å². The van der Waals surface area contributed by atoms with Crippen LogP contribution in [0.4, 0.5) is 0 Å². The summed E-state index contributed by atoms with van der Waals surface area (Å²) >= 11 is 0. The summed E-state index contributed by atoms with van der Waals surface area (Å²) in [5, 5.41) is 1.15. The van der Waals surface area contributed by atoms with Gasteiger partial charge in [-0.05, 0) is 24.8 Å². The van der Waals surface area contributed by atoms with Crippen LogP contribution in [0.15, 0.2) is 30.3 Å². The van der Waals surface area contributed by atoms with Crippen molar-refractivity contribution in [3.63, 3.8) is 0 Å². The molecule has 0 radical (unpaired) electrons. The van der Waals surface area contributed by atoms with Gasteiger partial charge in [0.25, 0.3) is 8.48 Å². The number of benzene rings is 1. The van der Waals surface area contributed by atoms with Crippen molar-refractivity contribution in [2.24, 2.45) is 0 Å². The van der Waals surface area contributed by atoms with Crippen LogP contribution in [0, 0.1) is 0 Å². The molecule has 0 aliphatic carbocycles. The van der Waals surface area contributed by atoms with Crippen molar-refractivity contribution in [3.05, 3.63) is 30.3 Å². The van der Waals surface area contributed by atoms with Crippen molar-refractivity contribution < 1.29 is 32.2 Å². The first-order valence-corrected chi connectivity index (χ1v) is 25.0. The van der Waals surface area contributed by atoms with Crippen molar-refractivity contribution in [1.29, 1.82) is 0 Å². The van der Waals surface area contributed by atoms with Crippen LogP contribution in [0.3, 0.4) is 0 Å². The first kappa shape index (κ1) is 28.7. The summed E-state index contributed by atoms with van der Waals surface area (Å²) in [5.41, 5.74) is 0. The minimum Gasteiger partial charge on any atom is -0.839 e. The molecule has 0 heterocycles. The average molecular weight is 466 g/mol. The maximum Gasteiger partial charge on any atom is 1.00 e. The third-order valence-electron chi connectivity index (χ3n) is 4.44. The van der Waals surface area contributed by atoms with Crippen molar-refractivity contribution in [1.82, 2.24) is 3.90 Å². The van der Waals surface area contributed by atoms with Gasteiger partial charge in [0.2, 0.25) is 8.32 Å². The van der Waals surface area contributed by atoms with Crippen molar-refractivity contribution in [2.45, 2.75) is 72.0 Å². The van der Waals surface area contributed by atoms with Gasteiger partial charge in [-0.25, -0.2) is 0 Å². The molecule has 0 saturated heterocycles. The molecule has 1 atom stereocenters. The van der Waals surface area contributed by atoms with Crippen LogP contribution >= 0.6 is 0 Å². The van der Waals surface area contributed by atoms with E-state index in [4.69, 9.17) is 8.54 Å². The summed E-state index contributed by atoms with van der Waals surface area (Å²) in [6.07, 6.45) is 0.556. The van der Waals surface area contributed by atoms with Crippen molar-refractivity contribution in [3.8, 4) is 0 Å². The zero-order valence-corrected chi connectivity index (χ0v) is 25.3. The Balaban J connectivity index is 0.00000729. The van der Waals surface area contributed by atoms with Gasteiger partial charge in [-0.3, -0.25) is 0 Å². The molecule has 1 aromatic rings. The zero-order valence-electron chi connectivity index (χ0n) is 20.3. The smallest absolute Gasteiger partial charge is 0.839 e. The van der Waals surface area contributed by atoms with Gasteiger partial charge >= 0.3 is 18.9 Å². The molecule has 1 rings (SSSR count). The Kier molecular flexibility index (Phi) is 10.2. The van der Waals surface area contributed by atoms with E-state index in [1.54, 1.807) is 13.1 Å². The molecule has 0 aliphatic heterocycles. The van der Waals surface area contributed by atoms with E-state index in [1.807, 2.05) is 18.2 Å². The van der Waals surface area contributed by atoms with Crippen LogP contribution in [-0.2, 0) is 8.54 Å². The van der Waals surface area contributed by atoms with E-state index < -0.39 is 41.8 Å². The van der Waals surface area contributed by atoms with Crippen molar-refractivity contribution >= 4 is 47.0 Å². The summed E-state index contributed by atoms with van der Waals surface area (Å²) in [7, 11) is -10.5. The zero-order chi connectivity index (χ0) is 21.3. The van der Waals surface area contributed by atoms with Crippen molar-refractivity contribution in [2.75, 3.05) is 6.23 Å². The summed E-state index contributed by atoms with van der Waals surface area (Å²) in [4.78, 5) is 12.6. The molecule has 0 fully saturated rings. The Morgan fingerprint density at radius 1 is 0.786 bits per heavy atom. The van der Waals surface area contributed by atoms with Crippen LogP contribution in [-0.4, -0.2) is 52.0 Å². The minimum absolute atomic E-state index is 0. The Hall–Kier alpha value is 0.742. The molecule has 0 N–H and O–H groups in total. The fourth-order valence-electron chi connectivity index (χ4n) is 4.51. The molecule has 10 heteroatoms. The molecule has 0 bridgehead atoms. The second kappa shape index (κ2) is 9.91. The standard InChI is InChI=1S/C18H40NO3Si5.Li/c1-23(2,3)19(24(4,5)6)25(7,8)21-17-27(11,22-26(9,10)20)18-15-13-12-14-16-18;/h12-16H,17H2,1-11H3;/q-1;+1. The summed E-state index contributed by atoms with van der Waals surface area (Å²) in [5.74, 6) is 0. The third kappa shape index (κ3) is 8.47. The predicted molar refractivity (Wildman–Crippen MR) is 128 cm³/mol. The summed E-state index contributed by atoms with van der Waals surface area (Å²) in [6.45, 7) is 24.8. The molecule has 0 aromatic heterocycles. The van der Waals surface area contributed by atoms with E-state index in [9.17, 15) is 4.80 Å². The summed E-state index contributed by atoms with van der Waals surface area (Å²) < 4.78 is 15.9. The maximum atomic E-state index is 12.6. The fraction of sp³-hybridized carbons (Fsp3) is 0.667. The molecule has 0 aliphatic rings. The van der Waals surface area contributed by atoms with Crippen LogP contribution in [0.25, 0.3) is 0 Å². The predicted octanol–water partition coefficient (Wildman–Crippen LogP) is 0.781. The van der Waals surface area contributed by atoms with Gasteiger partial charge in [-0.1, -0.05) is 82.7 Å². The van der Waals surface area contributed by atoms with Crippen LogP contribution < -0.4 is 28.8 Å². The molecular formula is C18H40LiNO3Si5. The number of nitrogens with zero attached hydrogens (tertiary/aromatic N) is 1. The first-order chi connectivity index (χ1) is 11.9. The van der Waals surface area contributed by atoms with Gasteiger partial charge in [0.1, 0.15) is 16.5 Å². The van der Waals surface area contributed by atoms with Gasteiger partial charge < -0.3 is 17.2 Å². The van der Waals surface area contributed by atoms with Gasteiger partial charge in [0, 0.05) is 0 Å². The Morgan fingerprint density at radius 2 is 1.21 bits per heavy atom. The number of hydrogen-bond acceptors (Lipinski definition) is 4. The first-order valence-electron chi connectivity index (χ1n) is 9.79. The number of hydrogen-bond donors (Lipinski definition) is 0. The largest absolute Gasteiger partial charge is 1.00 e. The molecule has 156 valence electrons. The Morgan fingerprint density at radius 3 is 1.57 bits per heavy atom. The molecule has 4 nitrogen and oxygen atoms in total. The fourth-order valence-corrected chi connectivity index (χ4v) is 34.6. The van der Waals surface area contributed by atoms with E-state index in [2.05, 4.69) is 75.0 Å². The topological polar surface area (TPSA) is 44.8 Å². The van der Waals surface area contributed by atoms with Crippen LogP contribution in [0.1, 0.15) is 0 Å². The van der Waals surface area contributed by atoms with Gasteiger partial charge in [0.05, 0.1) is 14.8 Å². The molecule has 0 spiro atoms. The van der Waals surface area contributed by atoms with E-state index in [1.165, 1.54) is 0 Å². The van der Waals surface area contributed by atoms with Crippen LogP contribution in [0.2, 0.25) is 72.0 Å². The SMILES string of the molecule is C[Si](C)([O-])O[Si](C)(CO[Si](C)(C)N([Si](C)(C)C)[Si](C)(C)C)c1ccccc1.[Li+]. The minimum atomic E-state index is -2.92. The van der Waals surface area contributed by atoms with E-state index in [0.717, 1.165) is 5.19 Å². The van der Waals surface area contributed by atoms with Gasteiger partial charge in [0.15, 0.2) is 0 Å². The third-order valence-corrected chi connectivity index (χ3v) is 26.6. The molecule has 1 unspecified atom stereocenters. The number of rotatable bonds is 9. The molecule has 28 heavy (non-hydrogen) atoms. The molecular weight excluding hydrogens is 426 g/mol.